The van der Waals surface area contributed by atoms with Gasteiger partial charge in [0.05, 0.1) is 6.54 Å². The molecule has 0 aromatic heterocycles. The molecule has 0 spiro atoms. The number of aryl methyl sites for hydroxylation is 1. The first-order valence-corrected chi connectivity index (χ1v) is 9.95. The zero-order valence-corrected chi connectivity index (χ0v) is 16.9. The Morgan fingerprint density at radius 2 is 1.93 bits per heavy atom. The largest absolute Gasteiger partial charge is 0.420 e. The molecule has 0 saturated carbocycles. The molecule has 8 heteroatoms. The van der Waals surface area contributed by atoms with Crippen molar-refractivity contribution in [2.75, 3.05) is 18.0 Å². The molecule has 29 heavy (non-hydrogen) atoms. The second kappa shape index (κ2) is 6.63. The minimum Gasteiger partial charge on any atom is -0.420 e. The van der Waals surface area contributed by atoms with E-state index >= 15 is 0 Å². The van der Waals surface area contributed by atoms with Crippen molar-refractivity contribution in [3.63, 3.8) is 0 Å². The normalized spacial score (nSPS) is 25.4. The third kappa shape index (κ3) is 3.40. The Bertz CT molecular complexity index is 1070. The molecule has 3 aliphatic rings. The van der Waals surface area contributed by atoms with Crippen LogP contribution in [0, 0.1) is 12.8 Å². The molecule has 148 valence electrons. The first-order chi connectivity index (χ1) is 13.9. The number of ether oxygens (including phenoxy) is 2. The highest BCUT2D eigenvalue weighted by atomic mass is 31.0. The molecule has 0 N–H and O–H groups in total. The molecule has 1 saturated heterocycles. The Balaban J connectivity index is 1.33. The number of benzene rings is 2. The summed E-state index contributed by atoms with van der Waals surface area (Å²) < 4.78 is 24.0. The number of nitrogens with zero attached hydrogens (tertiary/aromatic N) is 3. The van der Waals surface area contributed by atoms with Crippen LogP contribution in [0.25, 0.3) is 0 Å². The minimum absolute atomic E-state index is 0.0320. The van der Waals surface area contributed by atoms with Gasteiger partial charge in [0.25, 0.3) is 0 Å². The Labute approximate surface area is 169 Å². The van der Waals surface area contributed by atoms with E-state index in [1.165, 1.54) is 0 Å². The van der Waals surface area contributed by atoms with Gasteiger partial charge in [-0.05, 0) is 46.5 Å². The number of hydrogen-bond acceptors (Lipinski definition) is 5. The summed E-state index contributed by atoms with van der Waals surface area (Å²) in [5.74, 6) is -0.899. The van der Waals surface area contributed by atoms with Gasteiger partial charge in [-0.3, -0.25) is 9.79 Å². The van der Waals surface area contributed by atoms with E-state index in [4.69, 9.17) is 9.47 Å². The van der Waals surface area contributed by atoms with Crippen molar-refractivity contribution in [2.24, 2.45) is 15.9 Å². The number of amides is 1. The van der Waals surface area contributed by atoms with E-state index in [1.807, 2.05) is 45.3 Å². The summed E-state index contributed by atoms with van der Waals surface area (Å²) in [5, 5.41) is 0. The van der Waals surface area contributed by atoms with E-state index in [2.05, 4.69) is 9.98 Å². The van der Waals surface area contributed by atoms with Crippen LogP contribution in [0.15, 0.2) is 52.4 Å². The fourth-order valence-corrected chi connectivity index (χ4v) is 4.03. The van der Waals surface area contributed by atoms with Gasteiger partial charge in [-0.1, -0.05) is 17.7 Å². The van der Waals surface area contributed by atoms with Crippen LogP contribution < -0.4 is 14.4 Å². The van der Waals surface area contributed by atoms with Crippen LogP contribution in [0.5, 0.6) is 11.5 Å². The van der Waals surface area contributed by atoms with Crippen molar-refractivity contribution in [2.45, 2.75) is 19.1 Å². The van der Waals surface area contributed by atoms with Crippen LogP contribution in [0.4, 0.5) is 10.1 Å². The fourth-order valence-electron chi connectivity index (χ4n) is 3.78. The molecule has 3 atom stereocenters. The van der Waals surface area contributed by atoms with Crippen molar-refractivity contribution in [1.29, 1.82) is 0 Å². The van der Waals surface area contributed by atoms with E-state index in [-0.39, 0.29) is 11.8 Å². The number of hydrogen-bond donors (Lipinski definition) is 0. The third-order valence-corrected chi connectivity index (χ3v) is 5.52. The zero-order valence-electron chi connectivity index (χ0n) is 15.8. The topological polar surface area (TPSA) is 63.5 Å². The Kier molecular flexibility index (Phi) is 4.17. The highest BCUT2D eigenvalue weighted by molar-refractivity contribution is 7.18. The zero-order chi connectivity index (χ0) is 20.2. The van der Waals surface area contributed by atoms with Crippen molar-refractivity contribution in [1.82, 2.24) is 0 Å². The summed E-state index contributed by atoms with van der Waals surface area (Å²) >= 11 is 0. The Morgan fingerprint density at radius 3 is 2.72 bits per heavy atom. The molecule has 6 nitrogen and oxygen atoms in total. The van der Waals surface area contributed by atoms with Crippen molar-refractivity contribution in [3.05, 3.63) is 53.6 Å². The van der Waals surface area contributed by atoms with Gasteiger partial charge in [0.2, 0.25) is 5.91 Å². The van der Waals surface area contributed by atoms with Gasteiger partial charge in [-0.25, -0.2) is 4.99 Å². The summed E-state index contributed by atoms with van der Waals surface area (Å²) in [6, 6.07) is 13.0. The lowest BCUT2D eigenvalue weighted by molar-refractivity contribution is -0.117. The van der Waals surface area contributed by atoms with Crippen LogP contribution in [-0.2, 0) is 4.79 Å². The predicted molar refractivity (Wildman–Crippen MR) is 112 cm³/mol. The first-order valence-electron chi connectivity index (χ1n) is 9.37. The van der Waals surface area contributed by atoms with Crippen LogP contribution in [0.3, 0.4) is 0 Å². The van der Waals surface area contributed by atoms with Gasteiger partial charge in [0.15, 0.2) is 17.3 Å². The second-order valence-electron chi connectivity index (χ2n) is 7.43. The third-order valence-electron chi connectivity index (χ3n) is 5.28. The predicted octanol–water partition coefficient (Wildman–Crippen LogP) is 3.48. The number of carbonyl (C=O) groups excluding carboxylic acids is 1. The molecule has 3 heterocycles. The highest BCUT2D eigenvalue weighted by Crippen LogP contribution is 2.43. The molecule has 0 radical (unpaired) electrons. The summed E-state index contributed by atoms with van der Waals surface area (Å²) in [5.41, 5.74) is 3.69. The molecule has 2 aromatic carbocycles. The standard InChI is InChI=1S/C21H19FN3O3P/c1-12-2-5-15(6-3-12)25-11-14(9-19(25)26)16-10-23-20(24-16)13-4-7-17-18(8-13)28-21(22,29)27-17/h2-8,14H,9-11,29H2,1H3. The van der Waals surface area contributed by atoms with Gasteiger partial charge in [-0.15, -0.1) is 0 Å². The number of anilines is 1. The summed E-state index contributed by atoms with van der Waals surface area (Å²) in [7, 11) is 1.88. The molecule has 1 amide bonds. The molecule has 3 aliphatic heterocycles. The maximum absolute atomic E-state index is 13.8. The van der Waals surface area contributed by atoms with Gasteiger partial charge < -0.3 is 14.4 Å². The van der Waals surface area contributed by atoms with Crippen molar-refractivity contribution < 1.29 is 18.7 Å². The van der Waals surface area contributed by atoms with Crippen LogP contribution in [-0.4, -0.2) is 36.3 Å². The first kappa shape index (κ1) is 18.3. The second-order valence-corrected chi connectivity index (χ2v) is 8.12. The van der Waals surface area contributed by atoms with Gasteiger partial charge in [0, 0.05) is 35.8 Å². The summed E-state index contributed by atoms with van der Waals surface area (Å²) in [4.78, 5) is 23.5. The smallest absolute Gasteiger partial charge is 0.418 e. The number of carbonyl (C=O) groups is 1. The number of aliphatic imine (C=N–C) groups is 2. The Hall–Kier alpha value is -2.79. The number of amidine groups is 1. The molecule has 2 aromatic rings. The molecule has 1 fully saturated rings. The van der Waals surface area contributed by atoms with E-state index in [0.29, 0.717) is 36.8 Å². The van der Waals surface area contributed by atoms with E-state index < -0.39 is 5.78 Å². The van der Waals surface area contributed by atoms with Crippen LogP contribution >= 0.6 is 9.24 Å². The molecular weight excluding hydrogens is 392 g/mol. The molecule has 0 bridgehead atoms. The lowest BCUT2D eigenvalue weighted by Crippen LogP contribution is -2.26. The van der Waals surface area contributed by atoms with Crippen molar-refractivity contribution >= 4 is 32.4 Å². The van der Waals surface area contributed by atoms with E-state index in [1.54, 1.807) is 18.2 Å². The average molecular weight is 411 g/mol. The number of fused-ring (bicyclic) bond motifs is 1. The number of rotatable bonds is 3. The SMILES string of the molecule is Cc1ccc(N2CC(C3=NC(c4ccc5c(c4)OC(F)(P)O5)=NC3)CC2=O)cc1. The average Bonchev–Trinajstić information content (AvgIpc) is 3.37. The van der Waals surface area contributed by atoms with Gasteiger partial charge >= 0.3 is 5.78 Å². The molecule has 5 rings (SSSR count). The highest BCUT2D eigenvalue weighted by Gasteiger charge is 2.38. The van der Waals surface area contributed by atoms with Gasteiger partial charge in [-0.2, -0.15) is 4.39 Å². The van der Waals surface area contributed by atoms with Gasteiger partial charge in [0.1, 0.15) is 0 Å². The molecule has 0 aliphatic carbocycles. The summed E-state index contributed by atoms with van der Waals surface area (Å²) in [6.45, 7) is 3.08. The maximum Gasteiger partial charge on any atom is 0.418 e. The maximum atomic E-state index is 13.8. The van der Waals surface area contributed by atoms with Crippen LogP contribution in [0.1, 0.15) is 17.5 Å². The monoisotopic (exact) mass is 411 g/mol. The van der Waals surface area contributed by atoms with E-state index in [0.717, 1.165) is 22.5 Å². The Morgan fingerprint density at radius 1 is 1.17 bits per heavy atom. The summed E-state index contributed by atoms with van der Waals surface area (Å²) in [6.07, 6.45) is 0.425. The number of alkyl halides is 1. The number of halogens is 1. The molecular formula is C21H19FN3O3P. The lowest BCUT2D eigenvalue weighted by atomic mass is 10.0. The molecule has 3 unspecified atom stereocenters. The lowest BCUT2D eigenvalue weighted by Gasteiger charge is -2.17. The minimum atomic E-state index is -2.24. The fraction of sp³-hybridized carbons (Fsp3) is 0.286. The van der Waals surface area contributed by atoms with Crippen LogP contribution in [0.2, 0.25) is 0 Å². The van der Waals surface area contributed by atoms with Crippen molar-refractivity contribution in [3.8, 4) is 11.5 Å². The van der Waals surface area contributed by atoms with E-state index in [9.17, 15) is 9.18 Å². The quantitative estimate of drug-likeness (QED) is 0.727.